The van der Waals surface area contributed by atoms with E-state index in [0.717, 1.165) is 0 Å². The number of nitrogens with one attached hydrogen (secondary N) is 1. The minimum absolute atomic E-state index is 0.0166. The molecule has 0 amide bonds. The number of hydrogen-bond acceptors (Lipinski definition) is 4. The predicted molar refractivity (Wildman–Crippen MR) is 63.7 cm³/mol. The third kappa shape index (κ3) is 2.72. The monoisotopic (exact) mass is 267 g/mol. The van der Waals surface area contributed by atoms with E-state index < -0.39 is 5.97 Å². The molecule has 0 aliphatic heterocycles. The largest absolute Gasteiger partial charge is 0.478 e. The van der Waals surface area contributed by atoms with Crippen molar-refractivity contribution in [2.75, 3.05) is 5.32 Å². The number of anilines is 2. The Bertz CT molecular complexity index is 589. The van der Waals surface area contributed by atoms with Crippen LogP contribution in [0.5, 0.6) is 0 Å². The third-order valence-corrected chi connectivity index (χ3v) is 2.29. The number of aromatic nitrogens is 2. The summed E-state index contributed by atoms with van der Waals surface area (Å²) in [7, 11) is 0. The lowest BCUT2D eigenvalue weighted by Gasteiger charge is -2.07. The Labute approximate surface area is 106 Å². The van der Waals surface area contributed by atoms with E-state index in [4.69, 9.17) is 16.7 Å². The van der Waals surface area contributed by atoms with Crippen molar-refractivity contribution < 1.29 is 14.3 Å². The molecule has 7 heteroatoms. The maximum atomic E-state index is 12.7. The van der Waals surface area contributed by atoms with Crippen LogP contribution < -0.4 is 5.32 Å². The van der Waals surface area contributed by atoms with Gasteiger partial charge in [0.1, 0.15) is 11.4 Å². The van der Waals surface area contributed by atoms with Gasteiger partial charge in [-0.25, -0.2) is 9.18 Å². The first-order chi connectivity index (χ1) is 8.56. The van der Waals surface area contributed by atoms with Gasteiger partial charge in [-0.05, 0) is 30.3 Å². The van der Waals surface area contributed by atoms with E-state index in [-0.39, 0.29) is 22.4 Å². The van der Waals surface area contributed by atoms with Crippen LogP contribution in [-0.2, 0) is 0 Å². The molecule has 1 aromatic carbocycles. The summed E-state index contributed by atoms with van der Waals surface area (Å²) in [5.41, 5.74) is 0.384. The van der Waals surface area contributed by atoms with Crippen molar-refractivity contribution in [1.82, 2.24) is 10.2 Å². The van der Waals surface area contributed by atoms with E-state index in [1.54, 1.807) is 0 Å². The number of nitrogens with zero attached hydrogens (tertiary/aromatic N) is 2. The van der Waals surface area contributed by atoms with Gasteiger partial charge in [0, 0.05) is 5.69 Å². The van der Waals surface area contributed by atoms with Gasteiger partial charge in [-0.1, -0.05) is 11.6 Å². The predicted octanol–water partition coefficient (Wildman–Crippen LogP) is 2.71. The quantitative estimate of drug-likeness (QED) is 0.894. The molecule has 5 nitrogen and oxygen atoms in total. The highest BCUT2D eigenvalue weighted by Crippen LogP contribution is 2.20. The summed E-state index contributed by atoms with van der Waals surface area (Å²) >= 11 is 5.57. The molecule has 1 heterocycles. The summed E-state index contributed by atoms with van der Waals surface area (Å²) < 4.78 is 12.7. The van der Waals surface area contributed by atoms with Crippen LogP contribution in [0.25, 0.3) is 0 Å². The molecule has 1 aromatic heterocycles. The highest BCUT2D eigenvalue weighted by Gasteiger charge is 2.13. The standard InChI is InChI=1S/C11H7ClFN3O2/c12-9-5-8(11(17)18)10(16-15-9)14-7-3-1-6(13)2-4-7/h1-5H,(H,14,16)(H,17,18). The Hall–Kier alpha value is -2.21. The smallest absolute Gasteiger partial charge is 0.339 e. The van der Waals surface area contributed by atoms with Crippen molar-refractivity contribution >= 4 is 29.1 Å². The van der Waals surface area contributed by atoms with Gasteiger partial charge in [-0.3, -0.25) is 0 Å². The molecule has 2 rings (SSSR count). The number of carbonyl (C=O) groups is 1. The SMILES string of the molecule is O=C(O)c1cc(Cl)nnc1Nc1ccc(F)cc1. The van der Waals surface area contributed by atoms with Gasteiger partial charge < -0.3 is 10.4 Å². The van der Waals surface area contributed by atoms with E-state index in [1.807, 2.05) is 0 Å². The zero-order valence-corrected chi connectivity index (χ0v) is 9.65. The van der Waals surface area contributed by atoms with Crippen molar-refractivity contribution in [3.63, 3.8) is 0 Å². The first kappa shape index (κ1) is 12.3. The van der Waals surface area contributed by atoms with Crippen molar-refractivity contribution in [3.8, 4) is 0 Å². The molecule has 0 unspecified atom stereocenters. The molecule has 92 valence electrons. The Kier molecular flexibility index (Phi) is 3.38. The third-order valence-electron chi connectivity index (χ3n) is 2.10. The van der Waals surface area contributed by atoms with Gasteiger partial charge in [-0.15, -0.1) is 10.2 Å². The van der Waals surface area contributed by atoms with Crippen LogP contribution in [0.3, 0.4) is 0 Å². The molecule has 0 spiro atoms. The number of benzene rings is 1. The fraction of sp³-hybridized carbons (Fsp3) is 0. The first-order valence-corrected chi connectivity index (χ1v) is 5.23. The normalized spacial score (nSPS) is 10.1. The Morgan fingerprint density at radius 1 is 1.28 bits per heavy atom. The first-order valence-electron chi connectivity index (χ1n) is 4.85. The van der Waals surface area contributed by atoms with Crippen molar-refractivity contribution in [2.45, 2.75) is 0 Å². The van der Waals surface area contributed by atoms with E-state index in [1.165, 1.54) is 30.3 Å². The molecular formula is C11H7ClFN3O2. The van der Waals surface area contributed by atoms with E-state index in [9.17, 15) is 9.18 Å². The molecule has 2 aromatic rings. The van der Waals surface area contributed by atoms with E-state index in [2.05, 4.69) is 15.5 Å². The van der Waals surface area contributed by atoms with E-state index in [0.29, 0.717) is 5.69 Å². The lowest BCUT2D eigenvalue weighted by Crippen LogP contribution is -2.06. The molecule has 0 aliphatic carbocycles. The van der Waals surface area contributed by atoms with Crippen LogP contribution in [0.15, 0.2) is 30.3 Å². The number of carboxylic acids is 1. The summed E-state index contributed by atoms with van der Waals surface area (Å²) in [5.74, 6) is -1.53. The Morgan fingerprint density at radius 2 is 1.94 bits per heavy atom. The van der Waals surface area contributed by atoms with Gasteiger partial charge in [0.2, 0.25) is 0 Å². The van der Waals surface area contributed by atoms with Gasteiger partial charge in [-0.2, -0.15) is 0 Å². The highest BCUT2D eigenvalue weighted by atomic mass is 35.5. The summed E-state index contributed by atoms with van der Waals surface area (Å²) in [6.45, 7) is 0. The van der Waals surface area contributed by atoms with Crippen LogP contribution in [0, 0.1) is 5.82 Å². The second kappa shape index (κ2) is 4.97. The lowest BCUT2D eigenvalue weighted by atomic mass is 10.2. The average Bonchev–Trinajstić information content (AvgIpc) is 2.34. The van der Waals surface area contributed by atoms with Crippen LogP contribution >= 0.6 is 11.6 Å². The second-order valence-corrected chi connectivity index (χ2v) is 3.75. The topological polar surface area (TPSA) is 75.1 Å². The Balaban J connectivity index is 2.34. The van der Waals surface area contributed by atoms with Crippen molar-refractivity contribution in [2.24, 2.45) is 0 Å². The lowest BCUT2D eigenvalue weighted by molar-refractivity contribution is 0.0697. The molecule has 0 bridgehead atoms. The summed E-state index contributed by atoms with van der Waals surface area (Å²) in [6, 6.07) is 6.58. The number of halogens is 2. The molecule has 2 N–H and O–H groups in total. The maximum Gasteiger partial charge on any atom is 0.339 e. The number of carboxylic acid groups (broad SMARTS) is 1. The van der Waals surface area contributed by atoms with Crippen LogP contribution in [0.4, 0.5) is 15.9 Å². The Morgan fingerprint density at radius 3 is 2.56 bits per heavy atom. The summed E-state index contributed by atoms with van der Waals surface area (Å²) in [6.07, 6.45) is 0. The zero-order chi connectivity index (χ0) is 13.1. The van der Waals surface area contributed by atoms with Gasteiger partial charge in [0.25, 0.3) is 0 Å². The molecule has 0 radical (unpaired) electrons. The molecular weight excluding hydrogens is 261 g/mol. The molecule has 0 aliphatic rings. The molecule has 18 heavy (non-hydrogen) atoms. The molecule has 0 atom stereocenters. The van der Waals surface area contributed by atoms with Crippen LogP contribution in [0.1, 0.15) is 10.4 Å². The number of hydrogen-bond donors (Lipinski definition) is 2. The zero-order valence-electron chi connectivity index (χ0n) is 8.89. The van der Waals surface area contributed by atoms with Crippen LogP contribution in [-0.4, -0.2) is 21.3 Å². The van der Waals surface area contributed by atoms with Gasteiger partial charge in [0.05, 0.1) is 0 Å². The van der Waals surface area contributed by atoms with E-state index >= 15 is 0 Å². The molecule has 0 saturated carbocycles. The highest BCUT2D eigenvalue weighted by molar-refractivity contribution is 6.29. The van der Waals surface area contributed by atoms with Crippen LogP contribution in [0.2, 0.25) is 5.15 Å². The number of aromatic carboxylic acids is 1. The molecule has 0 saturated heterocycles. The summed E-state index contributed by atoms with van der Waals surface area (Å²) in [4.78, 5) is 11.0. The summed E-state index contributed by atoms with van der Waals surface area (Å²) in [5, 5.41) is 18.9. The maximum absolute atomic E-state index is 12.7. The average molecular weight is 268 g/mol. The minimum Gasteiger partial charge on any atom is -0.478 e. The van der Waals surface area contributed by atoms with Gasteiger partial charge >= 0.3 is 5.97 Å². The fourth-order valence-electron chi connectivity index (χ4n) is 1.29. The fourth-order valence-corrected chi connectivity index (χ4v) is 1.44. The van der Waals surface area contributed by atoms with Crippen molar-refractivity contribution in [1.29, 1.82) is 0 Å². The molecule has 0 fully saturated rings. The second-order valence-electron chi connectivity index (χ2n) is 3.37. The van der Waals surface area contributed by atoms with Crippen molar-refractivity contribution in [3.05, 3.63) is 46.9 Å². The minimum atomic E-state index is -1.18. The number of rotatable bonds is 3. The van der Waals surface area contributed by atoms with Gasteiger partial charge in [0.15, 0.2) is 11.0 Å².